The Morgan fingerprint density at radius 1 is 1.15 bits per heavy atom. The summed E-state index contributed by atoms with van der Waals surface area (Å²) >= 11 is 7.48. The van der Waals surface area contributed by atoms with Crippen LogP contribution >= 0.6 is 23.3 Å². The van der Waals surface area contributed by atoms with Crippen LogP contribution in [0.4, 0.5) is 5.95 Å². The van der Waals surface area contributed by atoms with E-state index >= 15 is 0 Å². The fraction of sp³-hybridized carbons (Fsp3) is 0. The smallest absolute Gasteiger partial charge is 0.206 e. The maximum atomic E-state index is 6.34. The minimum absolute atomic E-state index is 0.343. The lowest BCUT2D eigenvalue weighted by atomic mass is 10.2. The zero-order valence-electron chi connectivity index (χ0n) is 9.99. The van der Waals surface area contributed by atoms with E-state index in [1.807, 2.05) is 12.1 Å². The first-order valence-corrected chi connectivity index (χ1v) is 6.85. The second-order valence-corrected chi connectivity index (χ2v) is 5.13. The van der Waals surface area contributed by atoms with Crippen molar-refractivity contribution in [2.75, 3.05) is 5.73 Å². The normalized spacial score (nSPS) is 11.4. The third-order valence-corrected chi connectivity index (χ3v) is 3.91. The lowest BCUT2D eigenvalue weighted by Gasteiger charge is -2.08. The number of benzene rings is 1. The molecule has 4 rings (SSSR count). The highest BCUT2D eigenvalue weighted by atomic mass is 35.5. The summed E-state index contributed by atoms with van der Waals surface area (Å²) in [6.07, 6.45) is 3.35. The van der Waals surface area contributed by atoms with E-state index in [-0.39, 0.29) is 0 Å². The Morgan fingerprint density at radius 3 is 2.95 bits per heavy atom. The van der Waals surface area contributed by atoms with Crippen molar-refractivity contribution in [2.24, 2.45) is 0 Å². The molecule has 8 heteroatoms. The Labute approximate surface area is 122 Å². The summed E-state index contributed by atoms with van der Waals surface area (Å²) in [5, 5.41) is 0.549. The zero-order chi connectivity index (χ0) is 13.7. The standard InChI is InChI=1S/C12H7ClN6S/c13-6-1-2-7-10(18-20-17-7)11(6)19-9-3-4-15-5-8(9)16-12(19)14/h1-5H,(H2,14,16). The molecule has 6 nitrogen and oxygen atoms in total. The van der Waals surface area contributed by atoms with Gasteiger partial charge in [0, 0.05) is 6.20 Å². The van der Waals surface area contributed by atoms with Crippen molar-refractivity contribution in [3.05, 3.63) is 35.6 Å². The van der Waals surface area contributed by atoms with Crippen LogP contribution < -0.4 is 5.73 Å². The lowest BCUT2D eigenvalue weighted by molar-refractivity contribution is 1.12. The fourth-order valence-corrected chi connectivity index (χ4v) is 2.99. The lowest BCUT2D eigenvalue weighted by Crippen LogP contribution is -2.02. The number of nitrogens with two attached hydrogens (primary N) is 1. The highest BCUT2D eigenvalue weighted by molar-refractivity contribution is 7.00. The van der Waals surface area contributed by atoms with Gasteiger partial charge in [-0.2, -0.15) is 8.75 Å². The summed E-state index contributed by atoms with van der Waals surface area (Å²) in [4.78, 5) is 8.34. The predicted octanol–water partition coefficient (Wildman–Crippen LogP) is 2.66. The highest BCUT2D eigenvalue weighted by Gasteiger charge is 2.17. The van der Waals surface area contributed by atoms with Crippen molar-refractivity contribution in [1.29, 1.82) is 0 Å². The first-order valence-electron chi connectivity index (χ1n) is 5.75. The van der Waals surface area contributed by atoms with Gasteiger partial charge in [-0.25, -0.2) is 4.98 Å². The van der Waals surface area contributed by atoms with E-state index in [0.717, 1.165) is 22.8 Å². The molecular formula is C12H7ClN6S. The molecule has 3 heterocycles. The van der Waals surface area contributed by atoms with Gasteiger partial charge in [-0.1, -0.05) is 11.6 Å². The highest BCUT2D eigenvalue weighted by Crippen LogP contribution is 2.32. The minimum atomic E-state index is 0.343. The molecule has 0 atom stereocenters. The molecule has 0 radical (unpaired) electrons. The molecule has 0 saturated heterocycles. The molecule has 2 N–H and O–H groups in total. The van der Waals surface area contributed by atoms with E-state index in [1.54, 1.807) is 23.0 Å². The number of anilines is 1. The maximum Gasteiger partial charge on any atom is 0.206 e. The Hall–Kier alpha value is -2.25. The summed E-state index contributed by atoms with van der Waals surface area (Å²) in [6, 6.07) is 5.46. The number of fused-ring (bicyclic) bond motifs is 2. The number of imidazole rings is 1. The average Bonchev–Trinajstić information content (AvgIpc) is 3.03. The summed E-state index contributed by atoms with van der Waals surface area (Å²) < 4.78 is 10.3. The van der Waals surface area contributed by atoms with E-state index in [0.29, 0.717) is 27.7 Å². The summed E-state index contributed by atoms with van der Waals surface area (Å²) in [7, 11) is 0. The molecule has 0 aliphatic carbocycles. The Balaban J connectivity index is 2.19. The van der Waals surface area contributed by atoms with Gasteiger partial charge in [0.1, 0.15) is 16.6 Å². The number of hydrogen-bond donors (Lipinski definition) is 1. The zero-order valence-corrected chi connectivity index (χ0v) is 11.6. The molecule has 4 aromatic rings. The van der Waals surface area contributed by atoms with Crippen LogP contribution in [0.25, 0.3) is 27.8 Å². The number of nitrogens with zero attached hydrogens (tertiary/aromatic N) is 5. The Kier molecular flexibility index (Phi) is 2.38. The number of halogens is 1. The summed E-state index contributed by atoms with van der Waals surface area (Å²) in [5.41, 5.74) is 9.77. The van der Waals surface area contributed by atoms with Crippen LogP contribution in [0, 0.1) is 0 Å². The molecule has 0 aliphatic rings. The summed E-state index contributed by atoms with van der Waals surface area (Å²) in [5.74, 6) is 0.343. The van der Waals surface area contributed by atoms with Crippen LogP contribution in [0.1, 0.15) is 0 Å². The molecule has 3 aromatic heterocycles. The van der Waals surface area contributed by atoms with Crippen molar-refractivity contribution in [1.82, 2.24) is 23.3 Å². The van der Waals surface area contributed by atoms with E-state index in [1.165, 1.54) is 0 Å². The number of pyridine rings is 1. The van der Waals surface area contributed by atoms with Crippen molar-refractivity contribution < 1.29 is 0 Å². The van der Waals surface area contributed by atoms with Gasteiger partial charge in [-0.05, 0) is 18.2 Å². The second kappa shape index (κ2) is 4.12. The van der Waals surface area contributed by atoms with Crippen LogP contribution in [0.2, 0.25) is 5.02 Å². The number of nitrogen functional groups attached to an aromatic ring is 1. The largest absolute Gasteiger partial charge is 0.369 e. The van der Waals surface area contributed by atoms with Gasteiger partial charge in [0.15, 0.2) is 0 Å². The molecule has 0 spiro atoms. The molecule has 0 aliphatic heterocycles. The monoisotopic (exact) mass is 302 g/mol. The Morgan fingerprint density at radius 2 is 2.05 bits per heavy atom. The van der Waals surface area contributed by atoms with Crippen LogP contribution in [0.3, 0.4) is 0 Å². The molecular weight excluding hydrogens is 296 g/mol. The molecule has 98 valence electrons. The molecule has 0 unspecified atom stereocenters. The van der Waals surface area contributed by atoms with Gasteiger partial charge < -0.3 is 5.73 Å². The van der Waals surface area contributed by atoms with E-state index in [4.69, 9.17) is 17.3 Å². The van der Waals surface area contributed by atoms with Crippen molar-refractivity contribution in [2.45, 2.75) is 0 Å². The molecule has 20 heavy (non-hydrogen) atoms. The SMILES string of the molecule is Nc1nc2cnccc2n1-c1c(Cl)ccc2nsnc12. The van der Waals surface area contributed by atoms with Crippen molar-refractivity contribution in [3.8, 4) is 5.69 Å². The van der Waals surface area contributed by atoms with E-state index in [2.05, 4.69) is 18.7 Å². The predicted molar refractivity (Wildman–Crippen MR) is 79.3 cm³/mol. The molecule has 0 bridgehead atoms. The van der Waals surface area contributed by atoms with Crippen LogP contribution in [0.15, 0.2) is 30.6 Å². The second-order valence-electron chi connectivity index (χ2n) is 4.20. The number of rotatable bonds is 1. The summed E-state index contributed by atoms with van der Waals surface area (Å²) in [6.45, 7) is 0. The molecule has 0 saturated carbocycles. The fourth-order valence-electron chi connectivity index (χ4n) is 2.21. The first kappa shape index (κ1) is 11.6. The van der Waals surface area contributed by atoms with Gasteiger partial charge in [-0.15, -0.1) is 0 Å². The molecule has 0 amide bonds. The van der Waals surface area contributed by atoms with Crippen LogP contribution in [-0.2, 0) is 0 Å². The van der Waals surface area contributed by atoms with Crippen molar-refractivity contribution >= 4 is 51.3 Å². The molecule has 0 fully saturated rings. The first-order chi connectivity index (χ1) is 9.75. The number of aromatic nitrogens is 5. The third-order valence-electron chi connectivity index (χ3n) is 3.06. The van der Waals surface area contributed by atoms with E-state index in [9.17, 15) is 0 Å². The van der Waals surface area contributed by atoms with Gasteiger partial charge in [0.25, 0.3) is 0 Å². The van der Waals surface area contributed by atoms with E-state index < -0.39 is 0 Å². The third kappa shape index (κ3) is 1.50. The van der Waals surface area contributed by atoms with Crippen LogP contribution in [-0.4, -0.2) is 23.3 Å². The molecule has 1 aromatic carbocycles. The van der Waals surface area contributed by atoms with Gasteiger partial charge in [0.05, 0.1) is 34.2 Å². The minimum Gasteiger partial charge on any atom is -0.369 e. The van der Waals surface area contributed by atoms with Gasteiger partial charge in [0.2, 0.25) is 5.95 Å². The average molecular weight is 303 g/mol. The Bertz CT molecular complexity index is 944. The van der Waals surface area contributed by atoms with Gasteiger partial charge >= 0.3 is 0 Å². The quantitative estimate of drug-likeness (QED) is 0.584. The topological polar surface area (TPSA) is 82.5 Å². The number of hydrogen-bond acceptors (Lipinski definition) is 6. The maximum absolute atomic E-state index is 6.34. The van der Waals surface area contributed by atoms with Crippen LogP contribution in [0.5, 0.6) is 0 Å². The van der Waals surface area contributed by atoms with Gasteiger partial charge in [-0.3, -0.25) is 9.55 Å². The van der Waals surface area contributed by atoms with Crippen molar-refractivity contribution in [3.63, 3.8) is 0 Å².